The van der Waals surface area contributed by atoms with E-state index in [4.69, 9.17) is 0 Å². The van der Waals surface area contributed by atoms with Gasteiger partial charge in [-0.1, -0.05) is 6.07 Å². The van der Waals surface area contributed by atoms with Gasteiger partial charge in [-0.25, -0.2) is 4.39 Å². The zero-order chi connectivity index (χ0) is 10.1. The van der Waals surface area contributed by atoms with Crippen molar-refractivity contribution in [2.75, 3.05) is 6.54 Å². The first-order valence-corrected chi connectivity index (χ1v) is 4.85. The van der Waals surface area contributed by atoms with Crippen LogP contribution in [0.1, 0.15) is 23.6 Å². The molecule has 1 aromatic carbocycles. The number of hydrogen-bond donors (Lipinski definition) is 2. The van der Waals surface area contributed by atoms with E-state index in [1.54, 1.807) is 0 Å². The topological polar surface area (TPSA) is 32.3 Å². The molecule has 0 bridgehead atoms. The maximum atomic E-state index is 13.1. The summed E-state index contributed by atoms with van der Waals surface area (Å²) < 4.78 is 13.1. The second-order valence-electron chi connectivity index (χ2n) is 3.85. The van der Waals surface area contributed by atoms with Crippen LogP contribution < -0.4 is 5.32 Å². The van der Waals surface area contributed by atoms with E-state index in [2.05, 4.69) is 5.32 Å². The van der Waals surface area contributed by atoms with Gasteiger partial charge in [0.05, 0.1) is 12.1 Å². The van der Waals surface area contributed by atoms with Crippen LogP contribution in [-0.4, -0.2) is 17.8 Å². The van der Waals surface area contributed by atoms with E-state index in [-0.39, 0.29) is 11.9 Å². The number of aryl methyl sites for hydroxylation is 1. The quantitative estimate of drug-likeness (QED) is 0.712. The molecule has 0 aliphatic carbocycles. The first-order valence-electron chi connectivity index (χ1n) is 4.85. The molecule has 1 fully saturated rings. The van der Waals surface area contributed by atoms with E-state index in [0.717, 1.165) is 24.1 Å². The molecule has 1 aliphatic rings. The van der Waals surface area contributed by atoms with Crippen molar-refractivity contribution < 1.29 is 9.50 Å². The summed E-state index contributed by atoms with van der Waals surface area (Å²) >= 11 is 0. The van der Waals surface area contributed by atoms with E-state index >= 15 is 0 Å². The molecule has 2 rings (SSSR count). The van der Waals surface area contributed by atoms with Crippen molar-refractivity contribution in [2.24, 2.45) is 0 Å². The second kappa shape index (κ2) is 3.67. The first-order chi connectivity index (χ1) is 6.66. The molecular weight excluding hydrogens is 181 g/mol. The fourth-order valence-electron chi connectivity index (χ4n) is 1.97. The summed E-state index contributed by atoms with van der Waals surface area (Å²) in [4.78, 5) is 0. The van der Waals surface area contributed by atoms with Gasteiger partial charge in [0.15, 0.2) is 0 Å². The molecule has 0 radical (unpaired) electrons. The predicted octanol–water partition coefficient (Wildman–Crippen LogP) is 1.53. The smallest absolute Gasteiger partial charge is 0.123 e. The fourth-order valence-corrected chi connectivity index (χ4v) is 1.97. The fraction of sp³-hybridized carbons (Fsp3) is 0.455. The van der Waals surface area contributed by atoms with Gasteiger partial charge in [-0.05, 0) is 43.1 Å². The number of nitrogens with one attached hydrogen (secondary N) is 1. The predicted molar refractivity (Wildman–Crippen MR) is 52.5 cm³/mol. The Morgan fingerprint density at radius 3 is 2.79 bits per heavy atom. The molecule has 2 atom stereocenters. The van der Waals surface area contributed by atoms with Gasteiger partial charge >= 0.3 is 0 Å². The molecule has 0 unspecified atom stereocenters. The Morgan fingerprint density at radius 2 is 2.21 bits per heavy atom. The molecule has 0 aromatic heterocycles. The lowest BCUT2D eigenvalue weighted by Crippen LogP contribution is -2.21. The number of benzene rings is 1. The number of hydrogen-bond acceptors (Lipinski definition) is 2. The third-order valence-electron chi connectivity index (χ3n) is 2.61. The highest BCUT2D eigenvalue weighted by Crippen LogP contribution is 2.24. The summed E-state index contributed by atoms with van der Waals surface area (Å²) in [7, 11) is 0. The lowest BCUT2D eigenvalue weighted by atomic mass is 10.0. The number of halogens is 1. The van der Waals surface area contributed by atoms with Crippen LogP contribution in [0.5, 0.6) is 0 Å². The van der Waals surface area contributed by atoms with Crippen molar-refractivity contribution in [1.82, 2.24) is 5.32 Å². The summed E-state index contributed by atoms with van der Waals surface area (Å²) in [5.41, 5.74) is 1.73. The Kier molecular flexibility index (Phi) is 2.52. The van der Waals surface area contributed by atoms with E-state index in [0.29, 0.717) is 0 Å². The van der Waals surface area contributed by atoms with Gasteiger partial charge in [0.2, 0.25) is 0 Å². The van der Waals surface area contributed by atoms with Gasteiger partial charge in [0.25, 0.3) is 0 Å². The lowest BCUT2D eigenvalue weighted by Gasteiger charge is -2.15. The van der Waals surface area contributed by atoms with Crippen LogP contribution in [0.15, 0.2) is 18.2 Å². The summed E-state index contributed by atoms with van der Waals surface area (Å²) in [6.45, 7) is 2.65. The molecule has 2 N–H and O–H groups in total. The maximum Gasteiger partial charge on any atom is 0.123 e. The Hall–Kier alpha value is -0.930. The molecule has 1 heterocycles. The summed E-state index contributed by atoms with van der Waals surface area (Å²) in [6.07, 6.45) is 0.344. The standard InChI is InChI=1S/C11H14FNO/c1-7-4-8(6-9(12)5-7)11-10(14)2-3-13-11/h4-6,10-11,13-14H,2-3H2,1H3/t10-,11-/m1/s1. The van der Waals surface area contributed by atoms with Crippen molar-refractivity contribution in [1.29, 1.82) is 0 Å². The highest BCUT2D eigenvalue weighted by molar-refractivity contribution is 5.27. The van der Waals surface area contributed by atoms with Crippen LogP contribution in [0.3, 0.4) is 0 Å². The van der Waals surface area contributed by atoms with Crippen LogP contribution in [-0.2, 0) is 0 Å². The molecule has 76 valence electrons. The van der Waals surface area contributed by atoms with Crippen molar-refractivity contribution in [3.63, 3.8) is 0 Å². The van der Waals surface area contributed by atoms with Crippen LogP contribution in [0, 0.1) is 12.7 Å². The maximum absolute atomic E-state index is 13.1. The monoisotopic (exact) mass is 195 g/mol. The molecule has 1 aliphatic heterocycles. The molecule has 2 nitrogen and oxygen atoms in total. The molecule has 0 amide bonds. The Bertz CT molecular complexity index is 320. The second-order valence-corrected chi connectivity index (χ2v) is 3.85. The third-order valence-corrected chi connectivity index (χ3v) is 2.61. The average molecular weight is 195 g/mol. The van der Waals surface area contributed by atoms with Gasteiger partial charge < -0.3 is 10.4 Å². The molecule has 0 spiro atoms. The van der Waals surface area contributed by atoms with Gasteiger partial charge in [-0.2, -0.15) is 0 Å². The Labute approximate surface area is 82.8 Å². The molecule has 3 heteroatoms. The van der Waals surface area contributed by atoms with Crippen LogP contribution in [0.4, 0.5) is 4.39 Å². The zero-order valence-electron chi connectivity index (χ0n) is 8.13. The Morgan fingerprint density at radius 1 is 1.43 bits per heavy atom. The summed E-state index contributed by atoms with van der Waals surface area (Å²) in [5, 5.41) is 12.8. The van der Waals surface area contributed by atoms with Gasteiger partial charge in [0.1, 0.15) is 5.82 Å². The van der Waals surface area contributed by atoms with E-state index < -0.39 is 6.10 Å². The highest BCUT2D eigenvalue weighted by Gasteiger charge is 2.26. The van der Waals surface area contributed by atoms with E-state index in [1.807, 2.05) is 13.0 Å². The van der Waals surface area contributed by atoms with Gasteiger partial charge in [-0.3, -0.25) is 0 Å². The van der Waals surface area contributed by atoms with Gasteiger partial charge in [0, 0.05) is 0 Å². The average Bonchev–Trinajstić information content (AvgIpc) is 2.49. The molecule has 1 saturated heterocycles. The largest absolute Gasteiger partial charge is 0.391 e. The van der Waals surface area contributed by atoms with Gasteiger partial charge in [-0.15, -0.1) is 0 Å². The van der Waals surface area contributed by atoms with Crippen molar-refractivity contribution >= 4 is 0 Å². The summed E-state index contributed by atoms with van der Waals surface area (Å²) in [6, 6.07) is 4.78. The lowest BCUT2D eigenvalue weighted by molar-refractivity contribution is 0.160. The van der Waals surface area contributed by atoms with Crippen LogP contribution >= 0.6 is 0 Å². The third kappa shape index (κ3) is 1.79. The molecular formula is C11H14FNO. The molecule has 14 heavy (non-hydrogen) atoms. The number of aliphatic hydroxyl groups is 1. The zero-order valence-corrected chi connectivity index (χ0v) is 8.13. The Balaban J connectivity index is 2.31. The minimum atomic E-state index is -0.392. The van der Waals surface area contributed by atoms with E-state index in [1.165, 1.54) is 12.1 Å². The number of aliphatic hydroxyl groups excluding tert-OH is 1. The van der Waals surface area contributed by atoms with Crippen molar-refractivity contribution in [3.8, 4) is 0 Å². The normalized spacial score (nSPS) is 26.8. The highest BCUT2D eigenvalue weighted by atomic mass is 19.1. The van der Waals surface area contributed by atoms with Crippen molar-refractivity contribution in [3.05, 3.63) is 35.1 Å². The molecule has 0 saturated carbocycles. The summed E-state index contributed by atoms with van der Waals surface area (Å²) in [5.74, 6) is -0.235. The molecule has 1 aromatic rings. The van der Waals surface area contributed by atoms with Crippen molar-refractivity contribution in [2.45, 2.75) is 25.5 Å². The van der Waals surface area contributed by atoms with Crippen LogP contribution in [0.25, 0.3) is 0 Å². The van der Waals surface area contributed by atoms with E-state index in [9.17, 15) is 9.50 Å². The minimum absolute atomic E-state index is 0.107. The first kappa shape index (κ1) is 9.62. The SMILES string of the molecule is Cc1cc(F)cc([C@H]2NCC[C@H]2O)c1. The van der Waals surface area contributed by atoms with Crippen LogP contribution in [0.2, 0.25) is 0 Å². The number of rotatable bonds is 1. The minimum Gasteiger partial charge on any atom is -0.391 e.